The number of benzene rings is 3. The fourth-order valence-corrected chi connectivity index (χ4v) is 4.25. The minimum absolute atomic E-state index is 0.0678. The van der Waals surface area contributed by atoms with Crippen molar-refractivity contribution in [1.29, 1.82) is 5.26 Å². The monoisotopic (exact) mass is 575 g/mol. The number of carbonyl (C=O) groups is 2. The van der Waals surface area contributed by atoms with Gasteiger partial charge >= 0.3 is 0 Å². The molecule has 0 aliphatic rings. The van der Waals surface area contributed by atoms with Gasteiger partial charge in [-0.3, -0.25) is 9.59 Å². The van der Waals surface area contributed by atoms with E-state index in [2.05, 4.69) is 26.6 Å². The zero-order valence-electron chi connectivity index (χ0n) is 22.1. The zero-order chi connectivity index (χ0) is 27.8. The molecule has 0 radical (unpaired) electrons. The summed E-state index contributed by atoms with van der Waals surface area (Å²) in [6.07, 6.45) is 1.48. The third-order valence-electron chi connectivity index (χ3n) is 6.09. The smallest absolute Gasteiger partial charge is 0.266 e. The SMILES string of the molecule is CCOc1cc(/C=C(/C#N)C(=O)Nc2cccc(C)c2C)cc(Br)c1OCC(=O)Nc1cccc(C)c1C. The Bertz CT molecular complexity index is 1440. The molecule has 7 nitrogen and oxygen atoms in total. The van der Waals surface area contributed by atoms with Crippen molar-refractivity contribution in [3.8, 4) is 17.6 Å². The first-order valence-corrected chi connectivity index (χ1v) is 12.9. The van der Waals surface area contributed by atoms with Crippen LogP contribution in [0.25, 0.3) is 6.08 Å². The molecule has 3 aromatic carbocycles. The first kappa shape index (κ1) is 28.5. The summed E-state index contributed by atoms with van der Waals surface area (Å²) in [6.45, 7) is 9.73. The van der Waals surface area contributed by atoms with E-state index in [1.54, 1.807) is 18.2 Å². The Balaban J connectivity index is 1.80. The Morgan fingerprint density at radius 3 is 2.13 bits per heavy atom. The Labute approximate surface area is 231 Å². The van der Waals surface area contributed by atoms with Gasteiger partial charge in [-0.25, -0.2) is 0 Å². The molecule has 0 bridgehead atoms. The van der Waals surface area contributed by atoms with Crippen LogP contribution in [-0.2, 0) is 9.59 Å². The van der Waals surface area contributed by atoms with Gasteiger partial charge in [0.2, 0.25) is 0 Å². The van der Waals surface area contributed by atoms with Crippen LogP contribution in [0.5, 0.6) is 11.5 Å². The van der Waals surface area contributed by atoms with E-state index < -0.39 is 5.91 Å². The fourth-order valence-electron chi connectivity index (χ4n) is 3.68. The highest BCUT2D eigenvalue weighted by atomic mass is 79.9. The number of anilines is 2. The van der Waals surface area contributed by atoms with E-state index in [-0.39, 0.29) is 18.1 Å². The van der Waals surface area contributed by atoms with Crippen molar-refractivity contribution in [3.05, 3.63) is 86.4 Å². The van der Waals surface area contributed by atoms with Crippen LogP contribution in [0.2, 0.25) is 0 Å². The second kappa shape index (κ2) is 12.9. The summed E-state index contributed by atoms with van der Waals surface area (Å²) in [7, 11) is 0. The average molecular weight is 576 g/mol. The summed E-state index contributed by atoms with van der Waals surface area (Å²) in [5.74, 6) is -0.107. The Hall–Kier alpha value is -4.09. The van der Waals surface area contributed by atoms with Gasteiger partial charge in [0.05, 0.1) is 11.1 Å². The maximum Gasteiger partial charge on any atom is 0.266 e. The molecule has 0 aromatic heterocycles. The van der Waals surface area contributed by atoms with Crippen molar-refractivity contribution < 1.29 is 19.1 Å². The number of ether oxygens (including phenoxy) is 2. The first-order chi connectivity index (χ1) is 18.1. The molecule has 0 saturated heterocycles. The molecule has 0 atom stereocenters. The van der Waals surface area contributed by atoms with E-state index >= 15 is 0 Å². The highest BCUT2D eigenvalue weighted by molar-refractivity contribution is 9.10. The first-order valence-electron chi connectivity index (χ1n) is 12.1. The number of hydrogen-bond donors (Lipinski definition) is 2. The quantitative estimate of drug-likeness (QED) is 0.220. The van der Waals surface area contributed by atoms with Crippen LogP contribution < -0.4 is 20.1 Å². The molecule has 0 saturated carbocycles. The van der Waals surface area contributed by atoms with Gasteiger partial charge in [-0.2, -0.15) is 5.26 Å². The van der Waals surface area contributed by atoms with E-state index in [4.69, 9.17) is 9.47 Å². The Morgan fingerprint density at radius 1 is 0.947 bits per heavy atom. The van der Waals surface area contributed by atoms with Gasteiger partial charge in [-0.05, 0) is 109 Å². The van der Waals surface area contributed by atoms with Crippen molar-refractivity contribution in [2.45, 2.75) is 34.6 Å². The molecule has 0 fully saturated rings. The van der Waals surface area contributed by atoms with Crippen molar-refractivity contribution in [2.75, 3.05) is 23.8 Å². The van der Waals surface area contributed by atoms with Gasteiger partial charge in [-0.1, -0.05) is 24.3 Å². The molecule has 0 heterocycles. The summed E-state index contributed by atoms with van der Waals surface area (Å²) in [4.78, 5) is 25.4. The third kappa shape index (κ3) is 7.02. The molecule has 8 heteroatoms. The number of nitrogens with zero attached hydrogens (tertiary/aromatic N) is 1. The molecule has 0 spiro atoms. The maximum atomic E-state index is 12.8. The van der Waals surface area contributed by atoms with Crippen molar-refractivity contribution in [2.24, 2.45) is 0 Å². The van der Waals surface area contributed by atoms with Gasteiger partial charge in [0.1, 0.15) is 11.6 Å². The van der Waals surface area contributed by atoms with Gasteiger partial charge in [0, 0.05) is 11.4 Å². The zero-order valence-corrected chi connectivity index (χ0v) is 23.7. The third-order valence-corrected chi connectivity index (χ3v) is 6.68. The van der Waals surface area contributed by atoms with Gasteiger partial charge in [0.15, 0.2) is 18.1 Å². The van der Waals surface area contributed by atoms with Crippen molar-refractivity contribution >= 4 is 45.2 Å². The number of nitriles is 1. The topological polar surface area (TPSA) is 100 Å². The lowest BCUT2D eigenvalue weighted by Gasteiger charge is -2.15. The second-order valence-corrected chi connectivity index (χ2v) is 9.57. The summed E-state index contributed by atoms with van der Waals surface area (Å²) in [5, 5.41) is 15.3. The van der Waals surface area contributed by atoms with Crippen LogP contribution in [0, 0.1) is 39.0 Å². The number of rotatable bonds is 9. The van der Waals surface area contributed by atoms with E-state index in [0.717, 1.165) is 27.9 Å². The molecule has 0 unspecified atom stereocenters. The number of nitrogens with one attached hydrogen (secondary N) is 2. The lowest BCUT2D eigenvalue weighted by Crippen LogP contribution is -2.21. The standard InChI is InChI=1S/C30H30BrN3O4/c1-6-37-27-15-22(13-23(16-32)30(36)34-26-12-8-10-19(3)21(26)5)14-24(31)29(27)38-17-28(35)33-25-11-7-9-18(2)20(25)4/h7-15H,6,17H2,1-5H3,(H,33,35)(H,34,36)/b23-13-. The van der Waals surface area contributed by atoms with Gasteiger partial charge in [-0.15, -0.1) is 0 Å². The van der Waals surface area contributed by atoms with Crippen LogP contribution in [0.15, 0.2) is 58.6 Å². The lowest BCUT2D eigenvalue weighted by molar-refractivity contribution is -0.118. The molecule has 3 rings (SSSR count). The summed E-state index contributed by atoms with van der Waals surface area (Å²) >= 11 is 3.48. The minimum atomic E-state index is -0.515. The Morgan fingerprint density at radius 2 is 1.55 bits per heavy atom. The largest absolute Gasteiger partial charge is 0.490 e. The molecule has 0 aliphatic carbocycles. The van der Waals surface area contributed by atoms with Crippen LogP contribution in [0.3, 0.4) is 0 Å². The van der Waals surface area contributed by atoms with Crippen molar-refractivity contribution in [1.82, 2.24) is 0 Å². The van der Waals surface area contributed by atoms with Gasteiger partial charge in [0.25, 0.3) is 11.8 Å². The molecule has 2 amide bonds. The summed E-state index contributed by atoms with van der Waals surface area (Å²) < 4.78 is 12.1. The molecule has 3 aromatic rings. The predicted octanol–water partition coefficient (Wildman–Crippen LogP) is 6.64. The Kier molecular flexibility index (Phi) is 9.69. The molecule has 2 N–H and O–H groups in total. The van der Waals surface area contributed by atoms with E-state index in [1.165, 1.54) is 6.08 Å². The van der Waals surface area contributed by atoms with Gasteiger partial charge < -0.3 is 20.1 Å². The van der Waals surface area contributed by atoms with E-state index in [0.29, 0.717) is 33.8 Å². The fraction of sp³-hybridized carbons (Fsp3) is 0.233. The molecule has 0 aliphatic heterocycles. The molecular formula is C30H30BrN3O4. The summed E-state index contributed by atoms with van der Waals surface area (Å²) in [6, 6.07) is 16.6. The number of halogens is 1. The number of aryl methyl sites for hydroxylation is 2. The molecule has 196 valence electrons. The highest BCUT2D eigenvalue weighted by Gasteiger charge is 2.17. The van der Waals surface area contributed by atoms with E-state index in [9.17, 15) is 14.9 Å². The van der Waals surface area contributed by atoms with Crippen molar-refractivity contribution in [3.63, 3.8) is 0 Å². The van der Waals surface area contributed by atoms with Crippen LogP contribution in [0.4, 0.5) is 11.4 Å². The molecular weight excluding hydrogens is 546 g/mol. The normalized spacial score (nSPS) is 10.9. The lowest BCUT2D eigenvalue weighted by atomic mass is 10.1. The second-order valence-electron chi connectivity index (χ2n) is 8.72. The maximum absolute atomic E-state index is 12.8. The predicted molar refractivity (Wildman–Crippen MR) is 153 cm³/mol. The summed E-state index contributed by atoms with van der Waals surface area (Å²) in [5.41, 5.74) is 5.90. The van der Waals surface area contributed by atoms with E-state index in [1.807, 2.05) is 71.0 Å². The number of amides is 2. The van der Waals surface area contributed by atoms with Crippen LogP contribution in [0.1, 0.15) is 34.7 Å². The minimum Gasteiger partial charge on any atom is -0.490 e. The number of carbonyl (C=O) groups excluding carboxylic acids is 2. The van der Waals surface area contributed by atoms with Crippen LogP contribution >= 0.6 is 15.9 Å². The number of hydrogen-bond acceptors (Lipinski definition) is 5. The molecule has 38 heavy (non-hydrogen) atoms. The van der Waals surface area contributed by atoms with Crippen LogP contribution in [-0.4, -0.2) is 25.0 Å². The average Bonchev–Trinajstić information content (AvgIpc) is 2.87. The highest BCUT2D eigenvalue weighted by Crippen LogP contribution is 2.37.